The SMILES string of the molecule is CCOC(=O)Cc1csc(-c2ccc(C(c3cccc(O)c3)N3CC(C)N(Cc4ccccc4)CC3C)cc2)n1. The molecule has 0 aliphatic carbocycles. The second kappa shape index (κ2) is 12.8. The summed E-state index contributed by atoms with van der Waals surface area (Å²) >= 11 is 1.54. The minimum Gasteiger partial charge on any atom is -0.508 e. The maximum Gasteiger partial charge on any atom is 0.311 e. The normalized spacial score (nSPS) is 18.9. The number of piperazine rings is 1. The maximum atomic E-state index is 11.9. The van der Waals surface area contributed by atoms with E-state index in [0.717, 1.165) is 41.5 Å². The highest BCUT2D eigenvalue weighted by Crippen LogP contribution is 2.36. The van der Waals surface area contributed by atoms with Gasteiger partial charge in [0.1, 0.15) is 10.8 Å². The Balaban J connectivity index is 1.38. The van der Waals surface area contributed by atoms with Crippen molar-refractivity contribution in [3.63, 3.8) is 0 Å². The summed E-state index contributed by atoms with van der Waals surface area (Å²) in [7, 11) is 0. The van der Waals surface area contributed by atoms with Gasteiger partial charge in [-0.25, -0.2) is 4.98 Å². The van der Waals surface area contributed by atoms with Crippen LogP contribution in [0.2, 0.25) is 0 Å². The first-order valence-corrected chi connectivity index (χ1v) is 14.8. The number of nitrogens with zero attached hydrogens (tertiary/aromatic N) is 3. The van der Waals surface area contributed by atoms with Crippen molar-refractivity contribution in [1.82, 2.24) is 14.8 Å². The number of phenolic OH excluding ortho intramolecular Hbond substituents is 1. The molecule has 0 bridgehead atoms. The van der Waals surface area contributed by atoms with Crippen LogP contribution in [0.4, 0.5) is 0 Å². The molecule has 0 amide bonds. The molecule has 3 atom stereocenters. The minimum absolute atomic E-state index is 0.00754. The van der Waals surface area contributed by atoms with Crippen LogP contribution >= 0.6 is 11.3 Å². The molecule has 1 aliphatic rings. The quantitative estimate of drug-likeness (QED) is 0.244. The highest BCUT2D eigenvalue weighted by atomic mass is 32.1. The first-order valence-electron chi connectivity index (χ1n) is 13.9. The summed E-state index contributed by atoms with van der Waals surface area (Å²) in [5, 5.41) is 13.2. The van der Waals surface area contributed by atoms with E-state index in [1.54, 1.807) is 6.07 Å². The van der Waals surface area contributed by atoms with Crippen LogP contribution in [0, 0.1) is 0 Å². The van der Waals surface area contributed by atoms with Gasteiger partial charge in [-0.15, -0.1) is 11.3 Å². The number of aromatic nitrogens is 1. The molecule has 1 N–H and O–H groups in total. The first kappa shape index (κ1) is 28.0. The molecule has 0 saturated carbocycles. The fourth-order valence-electron chi connectivity index (χ4n) is 5.58. The highest BCUT2D eigenvalue weighted by Gasteiger charge is 2.35. The molecule has 208 valence electrons. The third-order valence-electron chi connectivity index (χ3n) is 7.57. The van der Waals surface area contributed by atoms with E-state index in [9.17, 15) is 9.90 Å². The molecular weight excluding hydrogens is 518 g/mol. The van der Waals surface area contributed by atoms with Crippen molar-refractivity contribution in [2.24, 2.45) is 0 Å². The number of carbonyl (C=O) groups excluding carboxylic acids is 1. The summed E-state index contributed by atoms with van der Waals surface area (Å²) in [5.74, 6) is 0.0234. The zero-order valence-corrected chi connectivity index (χ0v) is 24.2. The number of ether oxygens (including phenoxy) is 1. The van der Waals surface area contributed by atoms with Gasteiger partial charge in [0.2, 0.25) is 0 Å². The first-order chi connectivity index (χ1) is 19.4. The lowest BCUT2D eigenvalue weighted by Crippen LogP contribution is -2.56. The highest BCUT2D eigenvalue weighted by molar-refractivity contribution is 7.13. The predicted octanol–water partition coefficient (Wildman–Crippen LogP) is 6.31. The van der Waals surface area contributed by atoms with Crippen LogP contribution < -0.4 is 0 Å². The second-order valence-corrected chi connectivity index (χ2v) is 11.4. The van der Waals surface area contributed by atoms with Gasteiger partial charge in [-0.1, -0.05) is 66.7 Å². The van der Waals surface area contributed by atoms with Crippen molar-refractivity contribution < 1.29 is 14.6 Å². The Morgan fingerprint density at radius 3 is 2.50 bits per heavy atom. The van der Waals surface area contributed by atoms with E-state index in [4.69, 9.17) is 4.74 Å². The lowest BCUT2D eigenvalue weighted by molar-refractivity contribution is -0.142. The smallest absolute Gasteiger partial charge is 0.311 e. The van der Waals surface area contributed by atoms with Crippen molar-refractivity contribution in [3.8, 4) is 16.3 Å². The minimum atomic E-state index is -0.254. The zero-order chi connectivity index (χ0) is 28.1. The Hall–Kier alpha value is -3.52. The maximum absolute atomic E-state index is 11.9. The number of hydrogen-bond acceptors (Lipinski definition) is 7. The van der Waals surface area contributed by atoms with Gasteiger partial charge >= 0.3 is 5.97 Å². The van der Waals surface area contributed by atoms with Crippen molar-refractivity contribution in [2.45, 2.75) is 51.9 Å². The van der Waals surface area contributed by atoms with Gasteiger partial charge in [-0.3, -0.25) is 14.6 Å². The van der Waals surface area contributed by atoms with Gasteiger partial charge in [-0.2, -0.15) is 0 Å². The molecule has 1 saturated heterocycles. The number of hydrogen-bond donors (Lipinski definition) is 1. The fraction of sp³-hybridized carbons (Fsp3) is 0.333. The van der Waals surface area contributed by atoms with Crippen LogP contribution in [0.3, 0.4) is 0 Å². The molecular formula is C33H37N3O3S. The fourth-order valence-corrected chi connectivity index (χ4v) is 6.41. The average Bonchev–Trinajstić information content (AvgIpc) is 3.41. The molecule has 0 radical (unpaired) electrons. The van der Waals surface area contributed by atoms with E-state index in [2.05, 4.69) is 89.3 Å². The molecule has 2 heterocycles. The third-order valence-corrected chi connectivity index (χ3v) is 8.51. The van der Waals surface area contributed by atoms with Crippen molar-refractivity contribution in [2.75, 3.05) is 19.7 Å². The number of phenols is 1. The molecule has 4 aromatic rings. The monoisotopic (exact) mass is 555 g/mol. The molecule has 1 aliphatic heterocycles. The van der Waals surface area contributed by atoms with Crippen LogP contribution in [0.1, 0.15) is 49.2 Å². The van der Waals surface area contributed by atoms with Crippen molar-refractivity contribution in [3.05, 3.63) is 107 Å². The van der Waals surface area contributed by atoms with E-state index < -0.39 is 0 Å². The Morgan fingerprint density at radius 2 is 1.77 bits per heavy atom. The van der Waals surface area contributed by atoms with Gasteiger partial charge in [0.25, 0.3) is 0 Å². The van der Waals surface area contributed by atoms with E-state index in [-0.39, 0.29) is 24.2 Å². The van der Waals surface area contributed by atoms with Crippen LogP contribution in [0.25, 0.3) is 10.6 Å². The topological polar surface area (TPSA) is 65.9 Å². The molecule has 6 nitrogen and oxygen atoms in total. The van der Waals surface area contributed by atoms with E-state index in [1.165, 1.54) is 22.5 Å². The summed E-state index contributed by atoms with van der Waals surface area (Å²) in [4.78, 5) is 21.7. The molecule has 7 heteroatoms. The molecule has 3 aromatic carbocycles. The molecule has 0 spiro atoms. The largest absolute Gasteiger partial charge is 0.508 e. The lowest BCUT2D eigenvalue weighted by Gasteiger charge is -2.47. The Labute approximate surface area is 240 Å². The van der Waals surface area contributed by atoms with E-state index in [0.29, 0.717) is 18.7 Å². The Kier molecular flexibility index (Phi) is 8.94. The van der Waals surface area contributed by atoms with Crippen LogP contribution in [-0.4, -0.2) is 57.6 Å². The summed E-state index contributed by atoms with van der Waals surface area (Å²) in [6.45, 7) is 9.61. The number of esters is 1. The number of aromatic hydroxyl groups is 1. The number of benzene rings is 3. The molecule has 40 heavy (non-hydrogen) atoms. The van der Waals surface area contributed by atoms with Crippen molar-refractivity contribution >= 4 is 17.3 Å². The van der Waals surface area contributed by atoms with E-state index >= 15 is 0 Å². The summed E-state index contributed by atoms with van der Waals surface area (Å²) < 4.78 is 5.06. The lowest BCUT2D eigenvalue weighted by atomic mass is 9.92. The van der Waals surface area contributed by atoms with Gasteiger partial charge < -0.3 is 9.84 Å². The van der Waals surface area contributed by atoms with Gasteiger partial charge in [0.15, 0.2) is 0 Å². The molecule has 3 unspecified atom stereocenters. The van der Waals surface area contributed by atoms with Crippen LogP contribution in [0.15, 0.2) is 84.2 Å². The van der Waals surface area contributed by atoms with E-state index in [1.807, 2.05) is 24.4 Å². The summed E-state index contributed by atoms with van der Waals surface area (Å²) in [5.41, 5.74) is 5.34. The van der Waals surface area contributed by atoms with Gasteiger partial charge in [0.05, 0.1) is 24.8 Å². The molecule has 5 rings (SSSR count). The van der Waals surface area contributed by atoms with Gasteiger partial charge in [-0.05, 0) is 49.6 Å². The number of rotatable bonds is 9. The zero-order valence-electron chi connectivity index (χ0n) is 23.4. The predicted molar refractivity (Wildman–Crippen MR) is 160 cm³/mol. The number of carbonyl (C=O) groups is 1. The molecule has 1 aromatic heterocycles. The van der Waals surface area contributed by atoms with Crippen LogP contribution in [-0.2, 0) is 22.5 Å². The average molecular weight is 556 g/mol. The molecule has 1 fully saturated rings. The van der Waals surface area contributed by atoms with Gasteiger partial charge in [0, 0.05) is 42.7 Å². The second-order valence-electron chi connectivity index (χ2n) is 10.6. The Bertz CT molecular complexity index is 1410. The summed E-state index contributed by atoms with van der Waals surface area (Å²) in [6.07, 6.45) is 0.189. The third kappa shape index (κ3) is 6.61. The Morgan fingerprint density at radius 1 is 1.00 bits per heavy atom. The van der Waals surface area contributed by atoms with Crippen LogP contribution in [0.5, 0.6) is 5.75 Å². The standard InChI is InChI=1S/C33H37N3O3S/c1-4-39-31(38)18-29-22-40-33(34-29)27-15-13-26(14-16-27)32(28-11-8-12-30(37)17-28)36-20-23(2)35(19-24(36)3)21-25-9-6-5-7-10-25/h5-17,22-24,32,37H,4,18-21H2,1-3H3. The number of thiazole rings is 1. The van der Waals surface area contributed by atoms with Crippen molar-refractivity contribution in [1.29, 1.82) is 0 Å². The summed E-state index contributed by atoms with van der Waals surface area (Å²) in [6, 6.07) is 27.6.